The molecule has 1 aromatic carbocycles. The van der Waals surface area contributed by atoms with E-state index < -0.39 is 0 Å². The van der Waals surface area contributed by atoms with Crippen LogP contribution < -0.4 is 10.1 Å². The molecular weight excluding hydrogens is 248 g/mol. The van der Waals surface area contributed by atoms with Crippen LogP contribution in [0, 0.1) is 0 Å². The monoisotopic (exact) mass is 264 g/mol. The number of methoxy groups -OCH3 is 1. The number of benzene rings is 1. The zero-order valence-corrected chi connectivity index (χ0v) is 11.3. The summed E-state index contributed by atoms with van der Waals surface area (Å²) in [6, 6.07) is 4.11. The van der Waals surface area contributed by atoms with Gasteiger partial charge in [-0.25, -0.2) is 0 Å². The summed E-state index contributed by atoms with van der Waals surface area (Å²) in [5, 5.41) is 4.17. The van der Waals surface area contributed by atoms with Gasteiger partial charge in [0.15, 0.2) is 0 Å². The van der Waals surface area contributed by atoms with Crippen molar-refractivity contribution in [1.82, 2.24) is 5.32 Å². The molecule has 3 rings (SSSR count). The zero-order chi connectivity index (χ0) is 12.5. The van der Waals surface area contributed by atoms with Gasteiger partial charge < -0.3 is 10.1 Å². The van der Waals surface area contributed by atoms with Crippen LogP contribution in [0.15, 0.2) is 17.1 Å². The molecule has 4 heteroatoms. The van der Waals surface area contributed by atoms with Crippen molar-refractivity contribution in [3.05, 3.63) is 28.3 Å². The molecule has 0 fully saturated rings. The number of nitrogens with one attached hydrogen (secondary N) is 1. The van der Waals surface area contributed by atoms with Gasteiger partial charge in [0.2, 0.25) is 0 Å². The number of hydrogen-bond donors (Lipinski definition) is 1. The van der Waals surface area contributed by atoms with Gasteiger partial charge in [0.1, 0.15) is 11.6 Å². The molecular formula is C14H17ClN2O. The van der Waals surface area contributed by atoms with Crippen LogP contribution in [0.3, 0.4) is 0 Å². The van der Waals surface area contributed by atoms with Gasteiger partial charge in [0, 0.05) is 12.5 Å². The first-order chi connectivity index (χ1) is 8.81. The minimum atomic E-state index is 0.389. The molecule has 1 aromatic rings. The Balaban J connectivity index is 2.03. The SMILES string of the molecule is COc1ccc2c(c1Cl)CCCC2C1=NCCN1. The Hall–Kier alpha value is -1.22. The highest BCUT2D eigenvalue weighted by atomic mass is 35.5. The first-order valence-corrected chi connectivity index (χ1v) is 6.82. The van der Waals surface area contributed by atoms with Gasteiger partial charge in [-0.2, -0.15) is 0 Å². The van der Waals surface area contributed by atoms with Crippen LogP contribution in [0.5, 0.6) is 5.75 Å². The number of aliphatic imine (C=N–C) groups is 1. The standard InChI is InChI=1S/C14H17ClN2O/c1-18-12-6-5-9-10(13(12)15)3-2-4-11(9)14-16-7-8-17-14/h5-6,11H,2-4,7-8H2,1H3,(H,16,17). The highest BCUT2D eigenvalue weighted by molar-refractivity contribution is 6.33. The molecule has 0 amide bonds. The lowest BCUT2D eigenvalue weighted by atomic mass is 9.82. The van der Waals surface area contributed by atoms with E-state index in [0.717, 1.165) is 49.0 Å². The van der Waals surface area contributed by atoms with Crippen molar-refractivity contribution in [2.45, 2.75) is 25.2 Å². The summed E-state index contributed by atoms with van der Waals surface area (Å²) in [4.78, 5) is 4.56. The predicted molar refractivity (Wildman–Crippen MR) is 74.0 cm³/mol. The molecule has 1 aliphatic heterocycles. The first-order valence-electron chi connectivity index (χ1n) is 6.44. The van der Waals surface area contributed by atoms with E-state index in [1.165, 1.54) is 11.1 Å². The molecule has 18 heavy (non-hydrogen) atoms. The topological polar surface area (TPSA) is 33.6 Å². The van der Waals surface area contributed by atoms with Crippen LogP contribution >= 0.6 is 11.6 Å². The average molecular weight is 265 g/mol. The first kappa shape index (κ1) is 11.8. The van der Waals surface area contributed by atoms with E-state index in [1.54, 1.807) is 7.11 Å². The maximum Gasteiger partial charge on any atom is 0.137 e. The largest absolute Gasteiger partial charge is 0.495 e. The van der Waals surface area contributed by atoms with Crippen LogP contribution in [0.4, 0.5) is 0 Å². The van der Waals surface area contributed by atoms with Crippen molar-refractivity contribution in [2.75, 3.05) is 20.2 Å². The number of fused-ring (bicyclic) bond motifs is 1. The number of nitrogens with zero attached hydrogens (tertiary/aromatic N) is 1. The summed E-state index contributed by atoms with van der Waals surface area (Å²) in [5.41, 5.74) is 2.56. The van der Waals surface area contributed by atoms with E-state index in [-0.39, 0.29) is 0 Å². The summed E-state index contributed by atoms with van der Waals surface area (Å²) in [6.45, 7) is 1.86. The van der Waals surface area contributed by atoms with Gasteiger partial charge in [-0.05, 0) is 36.5 Å². The van der Waals surface area contributed by atoms with Crippen LogP contribution in [-0.4, -0.2) is 26.0 Å². The zero-order valence-electron chi connectivity index (χ0n) is 10.5. The summed E-state index contributed by atoms with van der Waals surface area (Å²) < 4.78 is 5.29. The lowest BCUT2D eigenvalue weighted by Gasteiger charge is -2.27. The van der Waals surface area contributed by atoms with Crippen molar-refractivity contribution in [1.29, 1.82) is 0 Å². The molecule has 0 bridgehead atoms. The van der Waals surface area contributed by atoms with E-state index in [2.05, 4.69) is 16.4 Å². The molecule has 0 spiro atoms. The molecule has 1 atom stereocenters. The van der Waals surface area contributed by atoms with Crippen LogP contribution in [0.2, 0.25) is 5.02 Å². The Kier molecular flexibility index (Phi) is 3.16. The van der Waals surface area contributed by atoms with Gasteiger partial charge in [0.05, 0.1) is 18.7 Å². The maximum absolute atomic E-state index is 6.41. The van der Waals surface area contributed by atoms with E-state index in [1.807, 2.05) is 6.07 Å². The van der Waals surface area contributed by atoms with Crippen molar-refractivity contribution in [2.24, 2.45) is 4.99 Å². The summed E-state index contributed by atoms with van der Waals surface area (Å²) in [5.74, 6) is 2.30. The summed E-state index contributed by atoms with van der Waals surface area (Å²) in [7, 11) is 1.66. The molecule has 2 aliphatic rings. The van der Waals surface area contributed by atoms with Crippen molar-refractivity contribution in [3.8, 4) is 5.75 Å². The second kappa shape index (κ2) is 4.81. The predicted octanol–water partition coefficient (Wildman–Crippen LogP) is 2.77. The fourth-order valence-corrected chi connectivity index (χ4v) is 3.27. The molecule has 1 heterocycles. The fourth-order valence-electron chi connectivity index (χ4n) is 2.92. The third-order valence-corrected chi connectivity index (χ3v) is 4.20. The third-order valence-electron chi connectivity index (χ3n) is 3.79. The second-order valence-corrected chi connectivity index (χ2v) is 5.17. The highest BCUT2D eigenvalue weighted by Gasteiger charge is 2.28. The van der Waals surface area contributed by atoms with E-state index >= 15 is 0 Å². The Morgan fingerprint density at radius 2 is 2.33 bits per heavy atom. The van der Waals surface area contributed by atoms with Crippen LogP contribution in [0.1, 0.15) is 29.9 Å². The summed E-state index contributed by atoms with van der Waals surface area (Å²) >= 11 is 6.41. The number of halogens is 1. The van der Waals surface area contributed by atoms with E-state index in [4.69, 9.17) is 16.3 Å². The molecule has 1 aliphatic carbocycles. The third kappa shape index (κ3) is 1.87. The molecule has 0 saturated carbocycles. The number of hydrogen-bond acceptors (Lipinski definition) is 3. The Morgan fingerprint density at radius 1 is 1.44 bits per heavy atom. The van der Waals surface area contributed by atoms with E-state index in [0.29, 0.717) is 5.92 Å². The average Bonchev–Trinajstić information content (AvgIpc) is 2.92. The van der Waals surface area contributed by atoms with Gasteiger partial charge in [-0.3, -0.25) is 4.99 Å². The number of ether oxygens (including phenoxy) is 1. The molecule has 1 unspecified atom stereocenters. The lowest BCUT2D eigenvalue weighted by Crippen LogP contribution is -2.28. The number of rotatable bonds is 2. The molecule has 3 nitrogen and oxygen atoms in total. The molecule has 0 aromatic heterocycles. The van der Waals surface area contributed by atoms with Gasteiger partial charge in [-0.15, -0.1) is 0 Å². The molecule has 0 saturated heterocycles. The quantitative estimate of drug-likeness (QED) is 0.891. The Labute approximate surface area is 112 Å². The minimum absolute atomic E-state index is 0.389. The maximum atomic E-state index is 6.41. The van der Waals surface area contributed by atoms with Crippen molar-refractivity contribution >= 4 is 17.4 Å². The normalized spacial score (nSPS) is 22.1. The van der Waals surface area contributed by atoms with Crippen LogP contribution in [0.25, 0.3) is 0 Å². The smallest absolute Gasteiger partial charge is 0.137 e. The molecule has 0 radical (unpaired) electrons. The van der Waals surface area contributed by atoms with Gasteiger partial charge >= 0.3 is 0 Å². The minimum Gasteiger partial charge on any atom is -0.495 e. The molecule has 96 valence electrons. The van der Waals surface area contributed by atoms with Gasteiger partial charge in [0.25, 0.3) is 0 Å². The van der Waals surface area contributed by atoms with E-state index in [9.17, 15) is 0 Å². The second-order valence-electron chi connectivity index (χ2n) is 4.79. The number of amidine groups is 1. The van der Waals surface area contributed by atoms with Gasteiger partial charge in [-0.1, -0.05) is 17.7 Å². The van der Waals surface area contributed by atoms with Crippen LogP contribution in [-0.2, 0) is 6.42 Å². The van der Waals surface area contributed by atoms with Crippen molar-refractivity contribution < 1.29 is 4.74 Å². The lowest BCUT2D eigenvalue weighted by molar-refractivity contribution is 0.413. The van der Waals surface area contributed by atoms with Crippen molar-refractivity contribution in [3.63, 3.8) is 0 Å². The Bertz CT molecular complexity index is 499. The molecule has 1 N–H and O–H groups in total. The fraction of sp³-hybridized carbons (Fsp3) is 0.500. The highest BCUT2D eigenvalue weighted by Crippen LogP contribution is 2.40. The Morgan fingerprint density at radius 3 is 3.06 bits per heavy atom. The summed E-state index contributed by atoms with van der Waals surface area (Å²) in [6.07, 6.45) is 3.35.